The molecule has 0 saturated carbocycles. The largest absolute Gasteiger partial charge is 0.483 e. The number of aryl methyl sites for hydroxylation is 1. The van der Waals surface area contributed by atoms with E-state index in [1.165, 1.54) is 0 Å². The lowest BCUT2D eigenvalue weighted by atomic mass is 9.86. The van der Waals surface area contributed by atoms with Gasteiger partial charge in [0.25, 0.3) is 5.91 Å². The van der Waals surface area contributed by atoms with Crippen LogP contribution in [0.15, 0.2) is 18.2 Å². The zero-order valence-electron chi connectivity index (χ0n) is 13.2. The standard InChI is InChI=1S/C16H25NO3/c1-11-8-7-9-13(12(11)2)20-10-14(18)17-15(3,4)16(5,6)19/h7-9,19H,10H2,1-6H3,(H,17,18). The number of rotatable bonds is 5. The third kappa shape index (κ3) is 3.97. The maximum absolute atomic E-state index is 11.9. The summed E-state index contributed by atoms with van der Waals surface area (Å²) in [6.45, 7) is 10.8. The lowest BCUT2D eigenvalue weighted by Gasteiger charge is -2.37. The average molecular weight is 279 g/mol. The Bertz CT molecular complexity index is 487. The van der Waals surface area contributed by atoms with Crippen molar-refractivity contribution in [2.75, 3.05) is 6.61 Å². The van der Waals surface area contributed by atoms with Crippen LogP contribution >= 0.6 is 0 Å². The Morgan fingerprint density at radius 1 is 1.25 bits per heavy atom. The fourth-order valence-corrected chi connectivity index (χ4v) is 1.56. The van der Waals surface area contributed by atoms with Crippen LogP contribution < -0.4 is 10.1 Å². The monoisotopic (exact) mass is 279 g/mol. The minimum absolute atomic E-state index is 0.0657. The molecule has 4 nitrogen and oxygen atoms in total. The minimum atomic E-state index is -1.01. The van der Waals surface area contributed by atoms with E-state index in [4.69, 9.17) is 4.74 Å². The average Bonchev–Trinajstić information content (AvgIpc) is 2.29. The van der Waals surface area contributed by atoms with Crippen LogP contribution in [0.2, 0.25) is 0 Å². The third-order valence-corrected chi connectivity index (χ3v) is 3.90. The molecule has 0 aromatic heterocycles. The van der Waals surface area contributed by atoms with Crippen LogP contribution in [0, 0.1) is 13.8 Å². The van der Waals surface area contributed by atoms with Gasteiger partial charge in [0.2, 0.25) is 0 Å². The molecule has 0 spiro atoms. The Morgan fingerprint density at radius 3 is 2.40 bits per heavy atom. The number of hydrogen-bond donors (Lipinski definition) is 2. The molecule has 2 N–H and O–H groups in total. The van der Waals surface area contributed by atoms with E-state index in [9.17, 15) is 9.90 Å². The first kappa shape index (κ1) is 16.5. The van der Waals surface area contributed by atoms with Crippen molar-refractivity contribution in [3.05, 3.63) is 29.3 Å². The number of carbonyl (C=O) groups excluding carboxylic acids is 1. The molecule has 0 aliphatic heterocycles. The summed E-state index contributed by atoms with van der Waals surface area (Å²) in [4.78, 5) is 11.9. The maximum Gasteiger partial charge on any atom is 0.258 e. The minimum Gasteiger partial charge on any atom is -0.483 e. The van der Waals surface area contributed by atoms with Gasteiger partial charge in [0.1, 0.15) is 5.75 Å². The van der Waals surface area contributed by atoms with Crippen molar-refractivity contribution in [1.29, 1.82) is 0 Å². The van der Waals surface area contributed by atoms with Crippen molar-refractivity contribution >= 4 is 5.91 Å². The molecule has 1 amide bonds. The summed E-state index contributed by atoms with van der Waals surface area (Å²) < 4.78 is 5.54. The van der Waals surface area contributed by atoms with Crippen molar-refractivity contribution in [2.45, 2.75) is 52.7 Å². The van der Waals surface area contributed by atoms with Crippen molar-refractivity contribution in [2.24, 2.45) is 0 Å². The summed E-state index contributed by atoms with van der Waals surface area (Å²) in [6.07, 6.45) is 0. The molecule has 0 heterocycles. The van der Waals surface area contributed by atoms with Crippen LogP contribution in [-0.2, 0) is 4.79 Å². The summed E-state index contributed by atoms with van der Waals surface area (Å²) >= 11 is 0. The molecule has 20 heavy (non-hydrogen) atoms. The summed E-state index contributed by atoms with van der Waals surface area (Å²) in [5.74, 6) is 0.458. The predicted molar refractivity (Wildman–Crippen MR) is 79.9 cm³/mol. The molecule has 0 unspecified atom stereocenters. The quantitative estimate of drug-likeness (QED) is 0.870. The molecule has 0 aliphatic rings. The van der Waals surface area contributed by atoms with Crippen molar-refractivity contribution < 1.29 is 14.6 Å². The van der Waals surface area contributed by atoms with E-state index in [1.54, 1.807) is 27.7 Å². The predicted octanol–water partition coefficient (Wildman–Crippen LogP) is 2.35. The molecule has 0 saturated heterocycles. The number of aliphatic hydroxyl groups is 1. The second-order valence-corrected chi connectivity index (χ2v) is 6.22. The van der Waals surface area contributed by atoms with Gasteiger partial charge >= 0.3 is 0 Å². The number of amides is 1. The fraction of sp³-hybridized carbons (Fsp3) is 0.562. The second kappa shape index (κ2) is 5.83. The number of carbonyl (C=O) groups is 1. The molecule has 4 heteroatoms. The second-order valence-electron chi connectivity index (χ2n) is 6.22. The molecule has 0 fully saturated rings. The highest BCUT2D eigenvalue weighted by atomic mass is 16.5. The Morgan fingerprint density at radius 2 is 1.85 bits per heavy atom. The highest BCUT2D eigenvalue weighted by Crippen LogP contribution is 2.22. The maximum atomic E-state index is 11.9. The molecule has 0 aliphatic carbocycles. The van der Waals surface area contributed by atoms with Gasteiger partial charge in [-0.3, -0.25) is 4.79 Å². The van der Waals surface area contributed by atoms with Gasteiger partial charge in [0, 0.05) is 0 Å². The summed E-state index contributed by atoms with van der Waals surface area (Å²) in [7, 11) is 0. The molecule has 0 radical (unpaired) electrons. The van der Waals surface area contributed by atoms with Gasteiger partial charge < -0.3 is 15.2 Å². The number of ether oxygens (including phenoxy) is 1. The molecule has 1 aromatic carbocycles. The lowest BCUT2D eigenvalue weighted by Crippen LogP contribution is -2.58. The normalized spacial score (nSPS) is 12.2. The SMILES string of the molecule is Cc1cccc(OCC(=O)NC(C)(C)C(C)(C)O)c1C. The Hall–Kier alpha value is -1.55. The number of hydrogen-bond acceptors (Lipinski definition) is 3. The van der Waals surface area contributed by atoms with E-state index in [-0.39, 0.29) is 12.5 Å². The van der Waals surface area contributed by atoms with Crippen LogP contribution in [0.5, 0.6) is 5.75 Å². The Labute approximate surface area is 121 Å². The van der Waals surface area contributed by atoms with Gasteiger partial charge in [-0.25, -0.2) is 0 Å². The zero-order valence-corrected chi connectivity index (χ0v) is 13.2. The molecular formula is C16H25NO3. The van der Waals surface area contributed by atoms with E-state index in [0.717, 1.165) is 11.1 Å². The summed E-state index contributed by atoms with van der Waals surface area (Å²) in [6, 6.07) is 5.74. The first-order chi connectivity index (χ1) is 9.04. The molecular weight excluding hydrogens is 254 g/mol. The smallest absolute Gasteiger partial charge is 0.258 e. The van der Waals surface area contributed by atoms with Crippen LogP contribution in [0.3, 0.4) is 0 Å². The van der Waals surface area contributed by atoms with Crippen molar-refractivity contribution in [3.63, 3.8) is 0 Å². The van der Waals surface area contributed by atoms with Crippen molar-refractivity contribution in [3.8, 4) is 5.75 Å². The van der Waals surface area contributed by atoms with E-state index in [0.29, 0.717) is 5.75 Å². The third-order valence-electron chi connectivity index (χ3n) is 3.90. The van der Waals surface area contributed by atoms with Gasteiger partial charge in [0.15, 0.2) is 6.61 Å². The van der Waals surface area contributed by atoms with E-state index >= 15 is 0 Å². The van der Waals surface area contributed by atoms with Gasteiger partial charge in [-0.15, -0.1) is 0 Å². The van der Waals surface area contributed by atoms with Gasteiger partial charge in [-0.1, -0.05) is 12.1 Å². The molecule has 0 bridgehead atoms. The molecule has 0 atom stereocenters. The van der Waals surface area contributed by atoms with E-state index < -0.39 is 11.1 Å². The van der Waals surface area contributed by atoms with E-state index in [2.05, 4.69) is 5.32 Å². The first-order valence-corrected chi connectivity index (χ1v) is 6.77. The Kier molecular flexibility index (Phi) is 4.81. The fourth-order valence-electron chi connectivity index (χ4n) is 1.56. The number of nitrogens with one attached hydrogen (secondary N) is 1. The van der Waals surface area contributed by atoms with E-state index in [1.807, 2.05) is 32.0 Å². The highest BCUT2D eigenvalue weighted by molar-refractivity contribution is 5.78. The molecule has 112 valence electrons. The van der Waals surface area contributed by atoms with Gasteiger partial charge in [0.05, 0.1) is 11.1 Å². The lowest BCUT2D eigenvalue weighted by molar-refractivity contribution is -0.128. The number of benzene rings is 1. The van der Waals surface area contributed by atoms with Gasteiger partial charge in [-0.05, 0) is 58.7 Å². The topological polar surface area (TPSA) is 58.6 Å². The van der Waals surface area contributed by atoms with Crippen LogP contribution in [-0.4, -0.2) is 28.8 Å². The van der Waals surface area contributed by atoms with Crippen LogP contribution in [0.25, 0.3) is 0 Å². The zero-order chi connectivity index (χ0) is 15.6. The first-order valence-electron chi connectivity index (χ1n) is 6.77. The summed E-state index contributed by atoms with van der Waals surface area (Å²) in [5, 5.41) is 12.8. The van der Waals surface area contributed by atoms with Gasteiger partial charge in [-0.2, -0.15) is 0 Å². The highest BCUT2D eigenvalue weighted by Gasteiger charge is 2.36. The summed E-state index contributed by atoms with van der Waals surface area (Å²) in [5.41, 5.74) is 0.415. The molecule has 1 rings (SSSR count). The van der Waals surface area contributed by atoms with Crippen molar-refractivity contribution in [1.82, 2.24) is 5.32 Å². The Balaban J connectivity index is 2.63. The molecule has 1 aromatic rings. The van der Waals surface area contributed by atoms with Crippen LogP contribution in [0.4, 0.5) is 0 Å². The van der Waals surface area contributed by atoms with Crippen LogP contribution in [0.1, 0.15) is 38.8 Å².